The Labute approximate surface area is 111 Å². The van der Waals surface area contributed by atoms with E-state index < -0.39 is 28.8 Å². The third kappa shape index (κ3) is 3.10. The molecule has 2 N–H and O–H groups in total. The molecule has 1 heterocycles. The second-order valence-corrected chi connectivity index (χ2v) is 6.55. The summed E-state index contributed by atoms with van der Waals surface area (Å²) in [6.45, 7) is 0.0399. The zero-order valence-electron chi connectivity index (χ0n) is 10.4. The Bertz CT molecular complexity index is 533. The van der Waals surface area contributed by atoms with Crippen LogP contribution < -0.4 is 5.73 Å². The van der Waals surface area contributed by atoms with Crippen molar-refractivity contribution in [1.82, 2.24) is 4.31 Å². The van der Waals surface area contributed by atoms with Crippen molar-refractivity contribution >= 4 is 10.0 Å². The molecule has 1 fully saturated rings. The third-order valence-corrected chi connectivity index (χ3v) is 5.16. The summed E-state index contributed by atoms with van der Waals surface area (Å²) in [6, 6.07) is 6.19. The molecule has 0 bridgehead atoms. The van der Waals surface area contributed by atoms with Crippen LogP contribution in [0.2, 0.25) is 0 Å². The van der Waals surface area contributed by atoms with E-state index in [1.165, 1.54) is 12.1 Å². The molecule has 1 aromatic carbocycles. The first-order chi connectivity index (χ1) is 8.85. The molecular formula is C12H16F2N2O2S. The molecule has 4 nitrogen and oxygen atoms in total. The molecule has 1 aromatic rings. The Morgan fingerprint density at radius 2 is 1.68 bits per heavy atom. The molecule has 0 saturated carbocycles. The molecule has 106 valence electrons. The first-order valence-electron chi connectivity index (χ1n) is 6.02. The zero-order chi connectivity index (χ0) is 14.1. The van der Waals surface area contributed by atoms with Crippen molar-refractivity contribution in [2.24, 2.45) is 5.73 Å². The largest absolute Gasteiger partial charge is 0.326 e. The van der Waals surface area contributed by atoms with Gasteiger partial charge in [-0.25, -0.2) is 17.2 Å². The van der Waals surface area contributed by atoms with Crippen LogP contribution in [0, 0.1) is 0 Å². The van der Waals surface area contributed by atoms with Gasteiger partial charge >= 0.3 is 0 Å². The molecular weight excluding hydrogens is 274 g/mol. The van der Waals surface area contributed by atoms with Gasteiger partial charge in [0.25, 0.3) is 5.92 Å². The molecule has 1 saturated heterocycles. The second-order valence-electron chi connectivity index (χ2n) is 4.61. The summed E-state index contributed by atoms with van der Waals surface area (Å²) in [5.41, 5.74) is 6.26. The van der Waals surface area contributed by atoms with Crippen LogP contribution in [0.25, 0.3) is 0 Å². The summed E-state index contributed by atoms with van der Waals surface area (Å²) in [5.74, 6) is -2.75. The van der Waals surface area contributed by atoms with E-state index in [0.717, 1.165) is 9.87 Å². The fourth-order valence-corrected chi connectivity index (χ4v) is 3.44. The lowest BCUT2D eigenvalue weighted by Crippen LogP contribution is -2.42. The Morgan fingerprint density at radius 3 is 2.16 bits per heavy atom. The van der Waals surface area contributed by atoms with Crippen molar-refractivity contribution < 1.29 is 17.2 Å². The van der Waals surface area contributed by atoms with Gasteiger partial charge in [0.15, 0.2) is 0 Å². The number of nitrogens with zero attached hydrogens (tertiary/aromatic N) is 1. The Kier molecular flexibility index (Phi) is 3.89. The molecule has 1 aliphatic rings. The van der Waals surface area contributed by atoms with Crippen molar-refractivity contribution in [1.29, 1.82) is 0 Å². The van der Waals surface area contributed by atoms with E-state index in [4.69, 9.17) is 5.73 Å². The lowest BCUT2D eigenvalue weighted by Gasteiger charge is -2.30. The van der Waals surface area contributed by atoms with Crippen LogP contribution in [-0.4, -0.2) is 31.7 Å². The molecule has 0 amide bonds. The fourth-order valence-electron chi connectivity index (χ4n) is 2.00. The van der Waals surface area contributed by atoms with Gasteiger partial charge in [-0.15, -0.1) is 0 Å². The van der Waals surface area contributed by atoms with E-state index in [9.17, 15) is 17.2 Å². The van der Waals surface area contributed by atoms with Crippen LogP contribution in [0.15, 0.2) is 29.2 Å². The summed E-state index contributed by atoms with van der Waals surface area (Å²) in [4.78, 5) is 0.120. The summed E-state index contributed by atoms with van der Waals surface area (Å²) in [7, 11) is -3.68. The highest BCUT2D eigenvalue weighted by Gasteiger charge is 2.38. The summed E-state index contributed by atoms with van der Waals surface area (Å²) in [5, 5.41) is 0. The average molecular weight is 290 g/mol. The van der Waals surface area contributed by atoms with Gasteiger partial charge in [0, 0.05) is 32.5 Å². The van der Waals surface area contributed by atoms with Gasteiger partial charge in [0.1, 0.15) is 0 Å². The second kappa shape index (κ2) is 5.15. The van der Waals surface area contributed by atoms with Crippen molar-refractivity contribution in [3.8, 4) is 0 Å². The van der Waals surface area contributed by atoms with Gasteiger partial charge in [-0.05, 0) is 17.7 Å². The number of alkyl halides is 2. The van der Waals surface area contributed by atoms with Gasteiger partial charge in [0.05, 0.1) is 4.90 Å². The quantitative estimate of drug-likeness (QED) is 0.919. The average Bonchev–Trinajstić information content (AvgIpc) is 2.38. The number of hydrogen-bond acceptors (Lipinski definition) is 3. The maximum Gasteiger partial charge on any atom is 0.250 e. The number of hydrogen-bond donors (Lipinski definition) is 1. The maximum atomic E-state index is 13.0. The normalized spacial score (nSPS) is 20.4. The Balaban J connectivity index is 2.18. The van der Waals surface area contributed by atoms with E-state index in [0.29, 0.717) is 6.54 Å². The highest BCUT2D eigenvalue weighted by atomic mass is 32.2. The van der Waals surface area contributed by atoms with Crippen LogP contribution >= 0.6 is 0 Å². The van der Waals surface area contributed by atoms with Gasteiger partial charge in [-0.1, -0.05) is 12.1 Å². The molecule has 0 unspecified atom stereocenters. The topological polar surface area (TPSA) is 63.4 Å². The zero-order valence-corrected chi connectivity index (χ0v) is 11.2. The summed E-state index contributed by atoms with van der Waals surface area (Å²) >= 11 is 0. The minimum Gasteiger partial charge on any atom is -0.326 e. The van der Waals surface area contributed by atoms with E-state index in [1.54, 1.807) is 12.1 Å². The minimum atomic E-state index is -3.68. The van der Waals surface area contributed by atoms with Crippen LogP contribution in [0.1, 0.15) is 18.4 Å². The number of piperidine rings is 1. The van der Waals surface area contributed by atoms with Crippen molar-refractivity contribution in [3.05, 3.63) is 29.8 Å². The van der Waals surface area contributed by atoms with Crippen LogP contribution in [0.5, 0.6) is 0 Å². The Morgan fingerprint density at radius 1 is 1.16 bits per heavy atom. The Hall–Kier alpha value is -1.05. The van der Waals surface area contributed by atoms with Crippen LogP contribution in [-0.2, 0) is 16.6 Å². The van der Waals surface area contributed by atoms with Gasteiger partial charge in [0.2, 0.25) is 10.0 Å². The van der Waals surface area contributed by atoms with Gasteiger partial charge in [-0.3, -0.25) is 0 Å². The highest BCUT2D eigenvalue weighted by molar-refractivity contribution is 7.89. The number of sulfonamides is 1. The van der Waals surface area contributed by atoms with E-state index in [2.05, 4.69) is 0 Å². The molecule has 0 aliphatic carbocycles. The van der Waals surface area contributed by atoms with E-state index in [-0.39, 0.29) is 18.0 Å². The van der Waals surface area contributed by atoms with Crippen molar-refractivity contribution in [2.45, 2.75) is 30.2 Å². The molecule has 2 rings (SSSR count). The van der Waals surface area contributed by atoms with E-state index >= 15 is 0 Å². The molecule has 0 spiro atoms. The standard InChI is InChI=1S/C12H16F2N2O2S/c13-12(14)5-7-16(8-6-12)19(17,18)11-3-1-10(9-15)2-4-11/h1-4H,5-9,15H2. The first kappa shape index (κ1) is 14.4. The highest BCUT2D eigenvalue weighted by Crippen LogP contribution is 2.30. The molecule has 1 aliphatic heterocycles. The molecule has 7 heteroatoms. The first-order valence-corrected chi connectivity index (χ1v) is 7.46. The smallest absolute Gasteiger partial charge is 0.250 e. The van der Waals surface area contributed by atoms with Crippen molar-refractivity contribution in [2.75, 3.05) is 13.1 Å². The summed E-state index contributed by atoms with van der Waals surface area (Å²) < 4.78 is 51.7. The molecule has 0 aromatic heterocycles. The number of benzene rings is 1. The maximum absolute atomic E-state index is 13.0. The molecule has 19 heavy (non-hydrogen) atoms. The van der Waals surface area contributed by atoms with Gasteiger partial charge < -0.3 is 5.73 Å². The lowest BCUT2D eigenvalue weighted by atomic mass is 10.1. The van der Waals surface area contributed by atoms with Crippen molar-refractivity contribution in [3.63, 3.8) is 0 Å². The minimum absolute atomic E-state index is 0.120. The van der Waals surface area contributed by atoms with Gasteiger partial charge in [-0.2, -0.15) is 4.31 Å². The molecule has 0 radical (unpaired) electrons. The predicted octanol–water partition coefficient (Wildman–Crippen LogP) is 1.57. The number of rotatable bonds is 3. The van der Waals surface area contributed by atoms with E-state index in [1.807, 2.05) is 0 Å². The fraction of sp³-hybridized carbons (Fsp3) is 0.500. The third-order valence-electron chi connectivity index (χ3n) is 3.25. The van der Waals surface area contributed by atoms with Crippen LogP contribution in [0.4, 0.5) is 8.78 Å². The lowest BCUT2D eigenvalue weighted by molar-refractivity contribution is -0.0412. The predicted molar refractivity (Wildman–Crippen MR) is 67.3 cm³/mol. The summed E-state index contributed by atoms with van der Waals surface area (Å²) in [6.07, 6.45) is -0.847. The molecule has 0 atom stereocenters. The monoisotopic (exact) mass is 290 g/mol. The number of halogens is 2. The van der Waals surface area contributed by atoms with Crippen LogP contribution in [0.3, 0.4) is 0 Å². The number of nitrogens with two attached hydrogens (primary N) is 1. The SMILES string of the molecule is NCc1ccc(S(=O)(=O)N2CCC(F)(F)CC2)cc1.